The predicted molar refractivity (Wildman–Crippen MR) is 122 cm³/mol. The number of rotatable bonds is 7. The van der Waals surface area contributed by atoms with Gasteiger partial charge in [-0.05, 0) is 31.0 Å². The third kappa shape index (κ3) is 8.17. The van der Waals surface area contributed by atoms with Crippen molar-refractivity contribution in [3.63, 3.8) is 0 Å². The SMILES string of the molecule is CC(NC(=NCCc1ccco1)NC1CCN(CC(F)(F)F)C1)c1ccccc1.I. The van der Waals surface area contributed by atoms with Crippen LogP contribution in [0.15, 0.2) is 58.1 Å². The first-order valence-electron chi connectivity index (χ1n) is 9.83. The van der Waals surface area contributed by atoms with Gasteiger partial charge in [-0.1, -0.05) is 30.3 Å². The van der Waals surface area contributed by atoms with E-state index in [9.17, 15) is 13.2 Å². The molecule has 0 spiro atoms. The second kappa shape index (κ2) is 11.6. The van der Waals surface area contributed by atoms with Crippen molar-refractivity contribution in [1.29, 1.82) is 0 Å². The molecule has 0 radical (unpaired) electrons. The quantitative estimate of drug-likeness (QED) is 0.314. The third-order valence-electron chi connectivity index (χ3n) is 4.88. The van der Waals surface area contributed by atoms with E-state index < -0.39 is 12.7 Å². The van der Waals surface area contributed by atoms with Gasteiger partial charge in [0.1, 0.15) is 5.76 Å². The molecule has 1 saturated heterocycles. The number of alkyl halides is 3. The molecule has 2 heterocycles. The molecule has 30 heavy (non-hydrogen) atoms. The summed E-state index contributed by atoms with van der Waals surface area (Å²) in [5.41, 5.74) is 1.11. The Morgan fingerprint density at radius 3 is 2.67 bits per heavy atom. The summed E-state index contributed by atoms with van der Waals surface area (Å²) in [4.78, 5) is 6.05. The molecule has 0 bridgehead atoms. The third-order valence-corrected chi connectivity index (χ3v) is 4.88. The molecule has 1 aromatic carbocycles. The van der Waals surface area contributed by atoms with E-state index in [0.717, 1.165) is 11.3 Å². The van der Waals surface area contributed by atoms with Gasteiger partial charge in [-0.25, -0.2) is 0 Å². The lowest BCUT2D eigenvalue weighted by Gasteiger charge is -2.22. The highest BCUT2D eigenvalue weighted by molar-refractivity contribution is 14.0. The van der Waals surface area contributed by atoms with Gasteiger partial charge in [0.2, 0.25) is 0 Å². The standard InChI is InChI=1S/C21H27F3N4O.HI/c1-16(17-6-3-2-4-7-17)26-20(25-11-9-19-8-5-13-29-19)27-18-10-12-28(14-18)15-21(22,23)24;/h2-8,13,16,18H,9-12,14-15H2,1H3,(H2,25,26,27);1H. The second-order valence-electron chi connectivity index (χ2n) is 7.32. The molecule has 1 aliphatic rings. The molecular formula is C21H28F3IN4O. The summed E-state index contributed by atoms with van der Waals surface area (Å²) in [5, 5.41) is 6.68. The van der Waals surface area contributed by atoms with Crippen molar-refractivity contribution in [2.24, 2.45) is 4.99 Å². The molecule has 0 amide bonds. The molecule has 2 aromatic rings. The number of benzene rings is 1. The first-order valence-corrected chi connectivity index (χ1v) is 9.83. The van der Waals surface area contributed by atoms with Gasteiger partial charge in [0.25, 0.3) is 0 Å². The van der Waals surface area contributed by atoms with Gasteiger partial charge in [0.05, 0.1) is 18.8 Å². The molecule has 1 aromatic heterocycles. The van der Waals surface area contributed by atoms with Crippen LogP contribution in [-0.4, -0.2) is 49.3 Å². The number of guanidine groups is 1. The lowest BCUT2D eigenvalue weighted by Crippen LogP contribution is -2.46. The number of nitrogens with one attached hydrogen (secondary N) is 2. The van der Waals surface area contributed by atoms with Gasteiger partial charge in [-0.3, -0.25) is 9.89 Å². The molecule has 0 aliphatic carbocycles. The van der Waals surface area contributed by atoms with Gasteiger partial charge in [-0.2, -0.15) is 13.2 Å². The van der Waals surface area contributed by atoms with E-state index in [2.05, 4.69) is 15.6 Å². The van der Waals surface area contributed by atoms with E-state index in [0.29, 0.717) is 38.4 Å². The summed E-state index contributed by atoms with van der Waals surface area (Å²) in [5.74, 6) is 1.45. The van der Waals surface area contributed by atoms with Crippen molar-refractivity contribution < 1.29 is 17.6 Å². The highest BCUT2D eigenvalue weighted by atomic mass is 127. The molecule has 1 fully saturated rings. The van der Waals surface area contributed by atoms with Crippen LogP contribution in [-0.2, 0) is 6.42 Å². The molecule has 9 heteroatoms. The van der Waals surface area contributed by atoms with Crippen molar-refractivity contribution in [1.82, 2.24) is 15.5 Å². The van der Waals surface area contributed by atoms with Crippen LogP contribution in [0.3, 0.4) is 0 Å². The predicted octanol–water partition coefficient (Wildman–Crippen LogP) is 4.37. The molecule has 0 saturated carbocycles. The van der Waals surface area contributed by atoms with E-state index in [4.69, 9.17) is 4.42 Å². The highest BCUT2D eigenvalue weighted by Crippen LogP contribution is 2.20. The summed E-state index contributed by atoms with van der Waals surface area (Å²) in [6.07, 6.45) is -1.24. The van der Waals surface area contributed by atoms with Gasteiger partial charge < -0.3 is 15.1 Å². The lowest BCUT2D eigenvalue weighted by atomic mass is 10.1. The maximum Gasteiger partial charge on any atom is 0.401 e. The molecule has 1 aliphatic heterocycles. The summed E-state index contributed by atoms with van der Waals surface area (Å²) < 4.78 is 43.3. The lowest BCUT2D eigenvalue weighted by molar-refractivity contribution is -0.143. The number of halogens is 4. The Balaban J connectivity index is 0.00000320. The first-order chi connectivity index (χ1) is 13.9. The zero-order valence-electron chi connectivity index (χ0n) is 16.9. The van der Waals surface area contributed by atoms with Gasteiger partial charge in [-0.15, -0.1) is 24.0 Å². The second-order valence-corrected chi connectivity index (χ2v) is 7.32. The van der Waals surface area contributed by atoms with Crippen LogP contribution in [0, 0.1) is 0 Å². The van der Waals surface area contributed by atoms with Crippen LogP contribution in [0.4, 0.5) is 13.2 Å². The van der Waals surface area contributed by atoms with Crippen LogP contribution in [0.2, 0.25) is 0 Å². The number of nitrogens with zero attached hydrogens (tertiary/aromatic N) is 2. The number of hydrogen-bond acceptors (Lipinski definition) is 3. The average molecular weight is 536 g/mol. The van der Waals surface area contributed by atoms with E-state index in [-0.39, 0.29) is 36.1 Å². The summed E-state index contributed by atoms with van der Waals surface area (Å²) in [6.45, 7) is 2.44. The highest BCUT2D eigenvalue weighted by Gasteiger charge is 2.34. The monoisotopic (exact) mass is 536 g/mol. The Hall–Kier alpha value is -1.75. The van der Waals surface area contributed by atoms with Crippen LogP contribution < -0.4 is 10.6 Å². The van der Waals surface area contributed by atoms with Crippen molar-refractivity contribution in [3.05, 3.63) is 60.1 Å². The van der Waals surface area contributed by atoms with Gasteiger partial charge >= 0.3 is 6.18 Å². The van der Waals surface area contributed by atoms with Crippen molar-refractivity contribution in [2.45, 2.75) is 38.0 Å². The molecule has 166 valence electrons. The van der Waals surface area contributed by atoms with E-state index in [1.165, 1.54) is 4.90 Å². The number of aliphatic imine (C=N–C) groups is 1. The Morgan fingerprint density at radius 1 is 1.23 bits per heavy atom. The normalized spacial score (nSPS) is 18.7. The first kappa shape index (κ1) is 24.5. The fraction of sp³-hybridized carbons (Fsp3) is 0.476. The van der Waals surface area contributed by atoms with Crippen LogP contribution in [0.25, 0.3) is 0 Å². The van der Waals surface area contributed by atoms with Crippen LogP contribution >= 0.6 is 24.0 Å². The molecule has 2 atom stereocenters. The zero-order valence-corrected chi connectivity index (χ0v) is 19.2. The maximum absolute atomic E-state index is 12.7. The maximum atomic E-state index is 12.7. The number of furan rings is 1. The number of likely N-dealkylation sites (tertiary alicyclic amines) is 1. The molecule has 3 rings (SSSR count). The minimum atomic E-state index is -4.17. The van der Waals surface area contributed by atoms with Crippen LogP contribution in [0.1, 0.15) is 30.7 Å². The van der Waals surface area contributed by atoms with E-state index in [1.54, 1.807) is 6.26 Å². The Labute approximate surface area is 192 Å². The van der Waals surface area contributed by atoms with E-state index >= 15 is 0 Å². The topological polar surface area (TPSA) is 52.8 Å². The van der Waals surface area contributed by atoms with Gasteiger partial charge in [0.15, 0.2) is 5.96 Å². The van der Waals surface area contributed by atoms with Crippen LogP contribution in [0.5, 0.6) is 0 Å². The fourth-order valence-electron chi connectivity index (χ4n) is 3.44. The smallest absolute Gasteiger partial charge is 0.401 e. The Morgan fingerprint density at radius 2 is 2.00 bits per heavy atom. The van der Waals surface area contributed by atoms with Crippen molar-refractivity contribution >= 4 is 29.9 Å². The largest absolute Gasteiger partial charge is 0.469 e. The Kier molecular flexibility index (Phi) is 9.47. The molecule has 2 unspecified atom stereocenters. The molecular weight excluding hydrogens is 508 g/mol. The molecule has 5 nitrogen and oxygen atoms in total. The van der Waals surface area contributed by atoms with Crippen molar-refractivity contribution in [2.75, 3.05) is 26.2 Å². The average Bonchev–Trinajstić information content (AvgIpc) is 3.33. The zero-order chi connectivity index (χ0) is 20.7. The summed E-state index contributed by atoms with van der Waals surface area (Å²) in [6, 6.07) is 13.6. The minimum Gasteiger partial charge on any atom is -0.469 e. The van der Waals surface area contributed by atoms with E-state index in [1.807, 2.05) is 49.4 Å². The minimum absolute atomic E-state index is 0. The van der Waals surface area contributed by atoms with Gasteiger partial charge in [0, 0.05) is 32.1 Å². The summed E-state index contributed by atoms with van der Waals surface area (Å²) in [7, 11) is 0. The summed E-state index contributed by atoms with van der Waals surface area (Å²) >= 11 is 0. The molecule has 2 N–H and O–H groups in total. The van der Waals surface area contributed by atoms with Crippen molar-refractivity contribution in [3.8, 4) is 0 Å². The number of hydrogen-bond donors (Lipinski definition) is 2. The Bertz CT molecular complexity index is 768. The fourth-order valence-corrected chi connectivity index (χ4v) is 3.44.